The van der Waals surface area contributed by atoms with Gasteiger partial charge in [-0.25, -0.2) is 18.1 Å². The van der Waals surface area contributed by atoms with E-state index in [1.54, 1.807) is 18.2 Å². The molecule has 1 amide bonds. The second-order valence-corrected chi connectivity index (χ2v) is 6.27. The van der Waals surface area contributed by atoms with Crippen molar-refractivity contribution in [1.29, 1.82) is 0 Å². The van der Waals surface area contributed by atoms with Crippen LogP contribution in [0.3, 0.4) is 0 Å². The van der Waals surface area contributed by atoms with Crippen molar-refractivity contribution in [2.45, 2.75) is 6.42 Å². The summed E-state index contributed by atoms with van der Waals surface area (Å²) in [5.74, 6) is -0.282. The van der Waals surface area contributed by atoms with Crippen molar-refractivity contribution in [1.82, 2.24) is 15.0 Å². The zero-order valence-electron chi connectivity index (χ0n) is 9.81. The molecule has 1 rings (SSSR count). The van der Waals surface area contributed by atoms with Gasteiger partial charge in [-0.1, -0.05) is 6.07 Å². The molecule has 18 heavy (non-hydrogen) atoms. The molecule has 0 aromatic carbocycles. The Hall–Kier alpha value is -0.990. The number of aromatic nitrogens is 1. The van der Waals surface area contributed by atoms with Crippen LogP contribution in [-0.2, 0) is 10.0 Å². The van der Waals surface area contributed by atoms with Gasteiger partial charge in [0.25, 0.3) is 5.91 Å². The van der Waals surface area contributed by atoms with Gasteiger partial charge in [-0.15, -0.1) is 0 Å². The van der Waals surface area contributed by atoms with Crippen LogP contribution in [0.1, 0.15) is 16.9 Å². The molecule has 1 heterocycles. The third-order valence-electron chi connectivity index (χ3n) is 1.95. The molecule has 0 atom stereocenters. The van der Waals surface area contributed by atoms with Gasteiger partial charge in [-0.3, -0.25) is 4.79 Å². The van der Waals surface area contributed by atoms with Crippen molar-refractivity contribution in [3.05, 3.63) is 28.5 Å². The molecule has 0 aliphatic carbocycles. The molecule has 0 bridgehead atoms. The fourth-order valence-corrected chi connectivity index (χ4v) is 2.03. The van der Waals surface area contributed by atoms with Crippen molar-refractivity contribution in [2.24, 2.45) is 0 Å². The monoisotopic (exact) mass is 335 g/mol. The predicted octanol–water partition coefficient (Wildman–Crippen LogP) is 0.513. The van der Waals surface area contributed by atoms with E-state index in [9.17, 15) is 13.2 Å². The number of nitrogens with zero attached hydrogens (tertiary/aromatic N) is 1. The standard InChI is InChI=1S/C10H14BrN3O3S/c1-18(16,17)13-7-3-6-12-10(15)8-4-2-5-9(11)14-8/h2,4-5,13H,3,6-7H2,1H3,(H,12,15). The molecular formula is C10H14BrN3O3S. The van der Waals surface area contributed by atoms with Crippen molar-refractivity contribution in [2.75, 3.05) is 19.3 Å². The van der Waals surface area contributed by atoms with Crippen LogP contribution in [0.2, 0.25) is 0 Å². The quantitative estimate of drug-likeness (QED) is 0.585. The van der Waals surface area contributed by atoms with E-state index in [4.69, 9.17) is 0 Å². The third kappa shape index (κ3) is 6.08. The van der Waals surface area contributed by atoms with E-state index in [0.717, 1.165) is 6.26 Å². The van der Waals surface area contributed by atoms with Crippen molar-refractivity contribution >= 4 is 31.9 Å². The number of pyridine rings is 1. The molecule has 0 fully saturated rings. The average molecular weight is 336 g/mol. The van der Waals surface area contributed by atoms with Crippen LogP contribution in [0.15, 0.2) is 22.8 Å². The van der Waals surface area contributed by atoms with E-state index in [1.165, 1.54) is 0 Å². The first-order valence-electron chi connectivity index (χ1n) is 5.24. The van der Waals surface area contributed by atoms with Gasteiger partial charge in [-0.05, 0) is 34.5 Å². The lowest BCUT2D eigenvalue weighted by molar-refractivity contribution is 0.0948. The summed E-state index contributed by atoms with van der Waals surface area (Å²) < 4.78 is 24.5. The number of hydrogen-bond acceptors (Lipinski definition) is 4. The van der Waals surface area contributed by atoms with Gasteiger partial charge in [0.05, 0.1) is 6.26 Å². The van der Waals surface area contributed by atoms with E-state index in [2.05, 4.69) is 31.0 Å². The maximum absolute atomic E-state index is 11.6. The van der Waals surface area contributed by atoms with E-state index in [0.29, 0.717) is 29.8 Å². The van der Waals surface area contributed by atoms with E-state index < -0.39 is 10.0 Å². The first-order chi connectivity index (χ1) is 8.38. The number of nitrogens with one attached hydrogen (secondary N) is 2. The Morgan fingerprint density at radius 3 is 2.72 bits per heavy atom. The molecule has 0 unspecified atom stereocenters. The molecule has 0 saturated carbocycles. The molecule has 0 spiro atoms. The molecule has 1 aromatic heterocycles. The van der Waals surface area contributed by atoms with Crippen LogP contribution in [0.25, 0.3) is 0 Å². The summed E-state index contributed by atoms with van der Waals surface area (Å²) in [6, 6.07) is 5.05. The number of rotatable bonds is 6. The minimum Gasteiger partial charge on any atom is -0.351 e. The zero-order chi connectivity index (χ0) is 13.6. The highest BCUT2D eigenvalue weighted by atomic mass is 79.9. The van der Waals surface area contributed by atoms with Crippen LogP contribution in [-0.4, -0.2) is 38.7 Å². The van der Waals surface area contributed by atoms with Gasteiger partial charge in [-0.2, -0.15) is 0 Å². The maximum Gasteiger partial charge on any atom is 0.269 e. The minimum absolute atomic E-state index is 0.282. The minimum atomic E-state index is -3.16. The summed E-state index contributed by atoms with van der Waals surface area (Å²) in [7, 11) is -3.16. The molecule has 2 N–H and O–H groups in total. The Morgan fingerprint density at radius 1 is 1.39 bits per heavy atom. The van der Waals surface area contributed by atoms with E-state index in [-0.39, 0.29) is 5.91 Å². The SMILES string of the molecule is CS(=O)(=O)NCCCNC(=O)c1cccc(Br)n1. The largest absolute Gasteiger partial charge is 0.351 e. The molecule has 0 aliphatic heterocycles. The van der Waals surface area contributed by atoms with E-state index in [1.807, 2.05) is 0 Å². The summed E-state index contributed by atoms with van der Waals surface area (Å²) in [5, 5.41) is 2.66. The van der Waals surface area contributed by atoms with Crippen LogP contribution < -0.4 is 10.0 Å². The Kier molecular flexibility index (Phi) is 5.70. The number of amides is 1. The second-order valence-electron chi connectivity index (χ2n) is 3.62. The van der Waals surface area contributed by atoms with Crippen LogP contribution in [0.5, 0.6) is 0 Å². The Labute approximate surface area is 114 Å². The molecular weight excluding hydrogens is 322 g/mol. The number of sulfonamides is 1. The van der Waals surface area contributed by atoms with Gasteiger partial charge < -0.3 is 5.32 Å². The topological polar surface area (TPSA) is 88.2 Å². The summed E-state index contributed by atoms with van der Waals surface area (Å²) >= 11 is 3.18. The van der Waals surface area contributed by atoms with E-state index >= 15 is 0 Å². The molecule has 6 nitrogen and oxygen atoms in total. The lowest BCUT2D eigenvalue weighted by Crippen LogP contribution is -2.29. The smallest absolute Gasteiger partial charge is 0.269 e. The number of carbonyl (C=O) groups is 1. The maximum atomic E-state index is 11.6. The van der Waals surface area contributed by atoms with Gasteiger partial charge in [0.1, 0.15) is 10.3 Å². The fraction of sp³-hybridized carbons (Fsp3) is 0.400. The highest BCUT2D eigenvalue weighted by molar-refractivity contribution is 9.10. The normalized spacial score (nSPS) is 11.2. The number of hydrogen-bond donors (Lipinski definition) is 2. The lowest BCUT2D eigenvalue weighted by Gasteiger charge is -2.05. The van der Waals surface area contributed by atoms with Gasteiger partial charge in [0.15, 0.2) is 0 Å². The number of halogens is 1. The molecule has 8 heteroatoms. The van der Waals surface area contributed by atoms with Crippen LogP contribution >= 0.6 is 15.9 Å². The molecule has 0 radical (unpaired) electrons. The van der Waals surface area contributed by atoms with Crippen LogP contribution in [0.4, 0.5) is 0 Å². The first-order valence-corrected chi connectivity index (χ1v) is 7.92. The summed E-state index contributed by atoms with van der Waals surface area (Å²) in [6.45, 7) is 0.681. The molecule has 100 valence electrons. The van der Waals surface area contributed by atoms with Gasteiger partial charge in [0.2, 0.25) is 10.0 Å². The van der Waals surface area contributed by atoms with Crippen molar-refractivity contribution in [3.8, 4) is 0 Å². The highest BCUT2D eigenvalue weighted by Gasteiger charge is 2.06. The van der Waals surface area contributed by atoms with Crippen LogP contribution in [0, 0.1) is 0 Å². The predicted molar refractivity (Wildman–Crippen MR) is 71.7 cm³/mol. The molecule has 0 aliphatic rings. The fourth-order valence-electron chi connectivity index (χ4n) is 1.17. The van der Waals surface area contributed by atoms with Crippen molar-refractivity contribution in [3.63, 3.8) is 0 Å². The highest BCUT2D eigenvalue weighted by Crippen LogP contribution is 2.05. The molecule has 1 aromatic rings. The molecule has 0 saturated heterocycles. The summed E-state index contributed by atoms with van der Waals surface area (Å²) in [6.07, 6.45) is 1.61. The number of carbonyl (C=O) groups excluding carboxylic acids is 1. The Morgan fingerprint density at radius 2 is 2.11 bits per heavy atom. The van der Waals surface area contributed by atoms with Crippen molar-refractivity contribution < 1.29 is 13.2 Å². The Bertz CT molecular complexity index is 519. The lowest BCUT2D eigenvalue weighted by atomic mass is 10.3. The van der Waals surface area contributed by atoms with Gasteiger partial charge in [0, 0.05) is 13.1 Å². The second kappa shape index (κ2) is 6.81. The Balaban J connectivity index is 2.30. The average Bonchev–Trinajstić information content (AvgIpc) is 2.26. The summed E-state index contributed by atoms with van der Waals surface area (Å²) in [5.41, 5.74) is 0.320. The third-order valence-corrected chi connectivity index (χ3v) is 3.12. The zero-order valence-corrected chi connectivity index (χ0v) is 12.2. The van der Waals surface area contributed by atoms with Gasteiger partial charge >= 0.3 is 0 Å². The first kappa shape index (κ1) is 15.1. The summed E-state index contributed by atoms with van der Waals surface area (Å²) in [4.78, 5) is 15.6.